The van der Waals surface area contributed by atoms with Crippen molar-refractivity contribution in [3.63, 3.8) is 0 Å². The van der Waals surface area contributed by atoms with Crippen molar-refractivity contribution >= 4 is 5.91 Å². The highest BCUT2D eigenvalue weighted by atomic mass is 16.5. The molecule has 1 rings (SSSR count). The smallest absolute Gasteiger partial charge is 0.251 e. The Morgan fingerprint density at radius 1 is 1.50 bits per heavy atom. The van der Waals surface area contributed by atoms with E-state index in [9.17, 15) is 4.79 Å². The summed E-state index contributed by atoms with van der Waals surface area (Å²) in [5.74, 6) is 0.441. The van der Waals surface area contributed by atoms with Crippen molar-refractivity contribution in [3.05, 3.63) is 29.8 Å². The molecule has 72 valence electrons. The minimum absolute atomic E-state index is 0.0132. The maximum absolute atomic E-state index is 11.1. The highest BCUT2D eigenvalue weighted by Crippen LogP contribution is 2.11. The van der Waals surface area contributed by atoms with Crippen LogP contribution in [-0.4, -0.2) is 19.6 Å². The Morgan fingerprint density at radius 3 is 2.64 bits per heavy atom. The van der Waals surface area contributed by atoms with Gasteiger partial charge in [-0.2, -0.15) is 5.26 Å². The Kier molecular flexibility index (Phi) is 3.50. The fourth-order valence-corrected chi connectivity index (χ4v) is 0.962. The number of hydrogen-bond acceptors (Lipinski definition) is 3. The summed E-state index contributed by atoms with van der Waals surface area (Å²) in [6.07, 6.45) is 0. The van der Waals surface area contributed by atoms with Crippen LogP contribution in [0.15, 0.2) is 24.3 Å². The molecule has 0 bridgehead atoms. The predicted octanol–water partition coefficient (Wildman–Crippen LogP) is 0.949. The van der Waals surface area contributed by atoms with E-state index >= 15 is 0 Å². The second kappa shape index (κ2) is 4.87. The van der Waals surface area contributed by atoms with Gasteiger partial charge in [0, 0.05) is 12.6 Å². The van der Waals surface area contributed by atoms with E-state index in [0.717, 1.165) is 0 Å². The lowest BCUT2D eigenvalue weighted by molar-refractivity contribution is 0.0963. The monoisotopic (exact) mass is 190 g/mol. The predicted molar refractivity (Wildman–Crippen MR) is 50.9 cm³/mol. The van der Waals surface area contributed by atoms with E-state index in [2.05, 4.69) is 5.32 Å². The molecule has 0 heterocycles. The standard InChI is InChI=1S/C10H10N2O2/c1-12-10(13)8-2-4-9(5-3-8)14-7-6-11/h2-5H,7H2,1H3,(H,12,13). The molecule has 1 amide bonds. The number of ether oxygens (including phenoxy) is 1. The third kappa shape index (κ3) is 2.49. The SMILES string of the molecule is CNC(=O)c1ccc(OCC#N)cc1. The normalized spacial score (nSPS) is 8.86. The second-order valence-corrected chi connectivity index (χ2v) is 2.55. The van der Waals surface area contributed by atoms with Gasteiger partial charge in [0.05, 0.1) is 0 Å². The van der Waals surface area contributed by atoms with Crippen molar-refractivity contribution < 1.29 is 9.53 Å². The molecular weight excluding hydrogens is 180 g/mol. The van der Waals surface area contributed by atoms with Crippen LogP contribution in [0.3, 0.4) is 0 Å². The number of benzene rings is 1. The van der Waals surface area contributed by atoms with Gasteiger partial charge in [-0.15, -0.1) is 0 Å². The number of amides is 1. The number of nitrogens with one attached hydrogen (secondary N) is 1. The van der Waals surface area contributed by atoms with Crippen molar-refractivity contribution in [3.8, 4) is 11.8 Å². The molecule has 0 aliphatic rings. The Morgan fingerprint density at radius 2 is 2.14 bits per heavy atom. The lowest BCUT2D eigenvalue weighted by Crippen LogP contribution is -2.17. The number of carbonyl (C=O) groups is 1. The van der Waals surface area contributed by atoms with Crippen molar-refractivity contribution in [1.29, 1.82) is 5.26 Å². The van der Waals surface area contributed by atoms with Gasteiger partial charge in [0.25, 0.3) is 5.91 Å². The first kappa shape index (κ1) is 10.1. The fraction of sp³-hybridized carbons (Fsp3) is 0.200. The number of rotatable bonds is 3. The average molecular weight is 190 g/mol. The molecule has 0 fully saturated rings. The lowest BCUT2D eigenvalue weighted by atomic mass is 10.2. The summed E-state index contributed by atoms with van der Waals surface area (Å²) in [6.45, 7) is 0.0132. The topological polar surface area (TPSA) is 62.1 Å². The van der Waals surface area contributed by atoms with Crippen LogP contribution in [0, 0.1) is 11.3 Å². The van der Waals surface area contributed by atoms with Gasteiger partial charge in [0.2, 0.25) is 0 Å². The Balaban J connectivity index is 2.69. The van der Waals surface area contributed by atoms with Crippen LogP contribution >= 0.6 is 0 Å². The van der Waals surface area contributed by atoms with Crippen LogP contribution in [0.2, 0.25) is 0 Å². The number of carbonyl (C=O) groups excluding carboxylic acids is 1. The van der Waals surface area contributed by atoms with E-state index in [4.69, 9.17) is 10.00 Å². The first-order valence-electron chi connectivity index (χ1n) is 4.10. The zero-order chi connectivity index (χ0) is 10.4. The summed E-state index contributed by atoms with van der Waals surface area (Å²) in [5, 5.41) is 10.8. The molecule has 0 saturated heterocycles. The van der Waals surface area contributed by atoms with Crippen molar-refractivity contribution in [2.24, 2.45) is 0 Å². The van der Waals surface area contributed by atoms with Gasteiger partial charge in [0.1, 0.15) is 11.8 Å². The molecule has 1 aromatic carbocycles. The first-order valence-corrected chi connectivity index (χ1v) is 4.10. The van der Waals surface area contributed by atoms with Crippen LogP contribution in [0.1, 0.15) is 10.4 Å². The summed E-state index contributed by atoms with van der Waals surface area (Å²) in [7, 11) is 1.57. The quantitative estimate of drug-likeness (QED) is 0.771. The second-order valence-electron chi connectivity index (χ2n) is 2.55. The number of hydrogen-bond donors (Lipinski definition) is 1. The van der Waals surface area contributed by atoms with E-state index in [1.165, 1.54) is 0 Å². The molecule has 4 heteroatoms. The summed E-state index contributed by atoms with van der Waals surface area (Å²) in [6, 6.07) is 8.46. The minimum Gasteiger partial charge on any atom is -0.479 e. The van der Waals surface area contributed by atoms with Crippen molar-refractivity contribution in [1.82, 2.24) is 5.32 Å². The summed E-state index contributed by atoms with van der Waals surface area (Å²) in [5.41, 5.74) is 0.566. The van der Waals surface area contributed by atoms with E-state index < -0.39 is 0 Å². The Bertz CT molecular complexity index is 351. The molecule has 0 radical (unpaired) electrons. The van der Waals surface area contributed by atoms with Gasteiger partial charge in [-0.1, -0.05) is 0 Å². The van der Waals surface area contributed by atoms with Crippen molar-refractivity contribution in [2.75, 3.05) is 13.7 Å². The molecule has 0 aliphatic carbocycles. The van der Waals surface area contributed by atoms with Gasteiger partial charge in [-0.3, -0.25) is 4.79 Å². The Hall–Kier alpha value is -2.02. The largest absolute Gasteiger partial charge is 0.479 e. The van der Waals surface area contributed by atoms with Gasteiger partial charge < -0.3 is 10.1 Å². The van der Waals surface area contributed by atoms with Gasteiger partial charge in [0.15, 0.2) is 6.61 Å². The fourth-order valence-electron chi connectivity index (χ4n) is 0.962. The molecule has 0 saturated carbocycles. The number of nitrogens with zero attached hydrogens (tertiary/aromatic N) is 1. The minimum atomic E-state index is -0.142. The van der Waals surface area contributed by atoms with E-state index in [0.29, 0.717) is 11.3 Å². The molecule has 0 atom stereocenters. The third-order valence-electron chi connectivity index (χ3n) is 1.65. The van der Waals surface area contributed by atoms with Crippen LogP contribution in [0.4, 0.5) is 0 Å². The molecule has 0 aromatic heterocycles. The molecule has 0 spiro atoms. The molecular formula is C10H10N2O2. The number of nitriles is 1. The average Bonchev–Trinajstić information content (AvgIpc) is 2.26. The van der Waals surface area contributed by atoms with Crippen LogP contribution < -0.4 is 10.1 Å². The van der Waals surface area contributed by atoms with E-state index in [1.807, 2.05) is 6.07 Å². The molecule has 0 unspecified atom stereocenters. The van der Waals surface area contributed by atoms with E-state index in [-0.39, 0.29) is 12.5 Å². The van der Waals surface area contributed by atoms with Gasteiger partial charge in [-0.25, -0.2) is 0 Å². The van der Waals surface area contributed by atoms with Crippen LogP contribution in [0.25, 0.3) is 0 Å². The van der Waals surface area contributed by atoms with Crippen molar-refractivity contribution in [2.45, 2.75) is 0 Å². The summed E-state index contributed by atoms with van der Waals surface area (Å²) < 4.78 is 5.03. The maximum atomic E-state index is 11.1. The molecule has 1 aromatic rings. The molecule has 14 heavy (non-hydrogen) atoms. The maximum Gasteiger partial charge on any atom is 0.251 e. The zero-order valence-electron chi connectivity index (χ0n) is 7.78. The molecule has 4 nitrogen and oxygen atoms in total. The van der Waals surface area contributed by atoms with Crippen LogP contribution in [-0.2, 0) is 0 Å². The highest BCUT2D eigenvalue weighted by molar-refractivity contribution is 5.94. The summed E-state index contributed by atoms with van der Waals surface area (Å²) in [4.78, 5) is 11.1. The van der Waals surface area contributed by atoms with Gasteiger partial charge >= 0.3 is 0 Å². The van der Waals surface area contributed by atoms with Crippen LogP contribution in [0.5, 0.6) is 5.75 Å². The lowest BCUT2D eigenvalue weighted by Gasteiger charge is -2.02. The van der Waals surface area contributed by atoms with Gasteiger partial charge in [-0.05, 0) is 24.3 Å². The zero-order valence-corrected chi connectivity index (χ0v) is 7.78. The highest BCUT2D eigenvalue weighted by Gasteiger charge is 2.01. The first-order chi connectivity index (χ1) is 6.77. The van der Waals surface area contributed by atoms with E-state index in [1.54, 1.807) is 31.3 Å². The summed E-state index contributed by atoms with van der Waals surface area (Å²) >= 11 is 0. The molecule has 1 N–H and O–H groups in total. The Labute approximate surface area is 82.1 Å². The molecule has 0 aliphatic heterocycles. The third-order valence-corrected chi connectivity index (χ3v) is 1.65.